The van der Waals surface area contributed by atoms with Gasteiger partial charge in [-0.05, 0) is 56.1 Å². The van der Waals surface area contributed by atoms with Gasteiger partial charge in [0.2, 0.25) is 5.91 Å². The molecule has 1 atom stereocenters. The summed E-state index contributed by atoms with van der Waals surface area (Å²) in [6.45, 7) is 5.89. The van der Waals surface area contributed by atoms with E-state index in [4.69, 9.17) is 21.3 Å². The third-order valence-corrected chi connectivity index (χ3v) is 7.52. The van der Waals surface area contributed by atoms with E-state index in [1.165, 1.54) is 10.8 Å². The number of nitrogens with one attached hydrogen (secondary N) is 2. The van der Waals surface area contributed by atoms with Crippen LogP contribution < -0.4 is 15.4 Å². The molecule has 36 heavy (non-hydrogen) atoms. The fourth-order valence-electron chi connectivity index (χ4n) is 4.40. The summed E-state index contributed by atoms with van der Waals surface area (Å²) in [5, 5.41) is 10.4. The molecular weight excluding hydrogens is 496 g/mol. The standard InChI is InChI=1S/C26H27ClN6O2S/c1-3-22(34)28-10-11-29-24-19-14-20(27)23(18-7-4-8-21-17(18)9-13-36-21)30-25(19)32-26(31-24)35-15-16-6-5-12-33(16)2/h3-4,7-9,13-14,16H,1,5-6,10-12,15H2,2H3,(H,28,34)(H,29,30,31,32)/t16-/m0/s1. The molecule has 5 rings (SSSR count). The summed E-state index contributed by atoms with van der Waals surface area (Å²) < 4.78 is 7.21. The summed E-state index contributed by atoms with van der Waals surface area (Å²) in [6.07, 6.45) is 3.48. The van der Waals surface area contributed by atoms with Crippen molar-refractivity contribution >= 4 is 55.8 Å². The van der Waals surface area contributed by atoms with Crippen LogP contribution in [0, 0.1) is 0 Å². The van der Waals surface area contributed by atoms with Gasteiger partial charge in [-0.2, -0.15) is 9.97 Å². The zero-order valence-electron chi connectivity index (χ0n) is 20.0. The highest BCUT2D eigenvalue weighted by Crippen LogP contribution is 2.37. The molecule has 0 saturated carbocycles. The number of carbonyl (C=O) groups is 1. The normalized spacial score (nSPS) is 15.9. The molecule has 0 aliphatic carbocycles. The SMILES string of the molecule is C=CC(=O)NCCNc1nc(OC[C@@H]2CCCN2C)nc2nc(-c3cccc4sccc34)c(Cl)cc12. The summed E-state index contributed by atoms with van der Waals surface area (Å²) in [5.74, 6) is 0.323. The van der Waals surface area contributed by atoms with Gasteiger partial charge in [-0.15, -0.1) is 11.3 Å². The number of carbonyl (C=O) groups excluding carboxylic acids is 1. The van der Waals surface area contributed by atoms with Crippen molar-refractivity contribution in [2.75, 3.05) is 38.6 Å². The van der Waals surface area contributed by atoms with Crippen LogP contribution in [0.1, 0.15) is 12.8 Å². The largest absolute Gasteiger partial charge is 0.462 e. The quantitative estimate of drug-likeness (QED) is 0.242. The lowest BCUT2D eigenvalue weighted by Crippen LogP contribution is -2.31. The number of aromatic nitrogens is 3. The van der Waals surface area contributed by atoms with Crippen LogP contribution in [0.4, 0.5) is 5.82 Å². The zero-order valence-corrected chi connectivity index (χ0v) is 21.5. The lowest BCUT2D eigenvalue weighted by atomic mass is 10.1. The van der Waals surface area contributed by atoms with Crippen LogP contribution in [0.5, 0.6) is 6.01 Å². The molecule has 186 valence electrons. The topological polar surface area (TPSA) is 92.3 Å². The van der Waals surface area contributed by atoms with Crippen LogP contribution in [0.2, 0.25) is 5.02 Å². The second kappa shape index (κ2) is 10.8. The molecule has 2 N–H and O–H groups in total. The molecule has 0 bridgehead atoms. The van der Waals surface area contributed by atoms with Gasteiger partial charge in [0.1, 0.15) is 12.4 Å². The number of hydrogen-bond acceptors (Lipinski definition) is 8. The van der Waals surface area contributed by atoms with E-state index in [0.717, 1.165) is 30.3 Å². The number of fused-ring (bicyclic) bond motifs is 2. The average molecular weight is 523 g/mol. The Morgan fingerprint density at radius 2 is 2.17 bits per heavy atom. The third kappa shape index (κ3) is 5.13. The number of thiophene rings is 1. The maximum Gasteiger partial charge on any atom is 0.320 e. The molecule has 1 saturated heterocycles. The summed E-state index contributed by atoms with van der Waals surface area (Å²) in [6, 6.07) is 10.6. The number of hydrogen-bond donors (Lipinski definition) is 2. The number of benzene rings is 1. The maximum absolute atomic E-state index is 11.5. The van der Waals surface area contributed by atoms with Crippen LogP contribution >= 0.6 is 22.9 Å². The van der Waals surface area contributed by atoms with Crippen molar-refractivity contribution in [3.63, 3.8) is 0 Å². The van der Waals surface area contributed by atoms with E-state index in [-0.39, 0.29) is 11.9 Å². The lowest BCUT2D eigenvalue weighted by Gasteiger charge is -2.19. The number of likely N-dealkylation sites (N-methyl/N-ethyl adjacent to an activating group) is 1. The van der Waals surface area contributed by atoms with Gasteiger partial charge in [-0.3, -0.25) is 4.79 Å². The Balaban J connectivity index is 1.50. The van der Waals surface area contributed by atoms with Crippen LogP contribution in [-0.2, 0) is 4.79 Å². The monoisotopic (exact) mass is 522 g/mol. The number of ether oxygens (including phenoxy) is 1. The smallest absolute Gasteiger partial charge is 0.320 e. The fourth-order valence-corrected chi connectivity index (χ4v) is 5.46. The molecule has 0 radical (unpaired) electrons. The van der Waals surface area contributed by atoms with Crippen molar-refractivity contribution in [3.05, 3.63) is 53.4 Å². The zero-order chi connectivity index (χ0) is 25.1. The highest BCUT2D eigenvalue weighted by atomic mass is 35.5. The minimum absolute atomic E-state index is 0.231. The molecule has 4 aromatic rings. The van der Waals surface area contributed by atoms with E-state index in [2.05, 4.69) is 56.6 Å². The van der Waals surface area contributed by atoms with Crippen molar-refractivity contribution in [1.82, 2.24) is 25.2 Å². The van der Waals surface area contributed by atoms with E-state index in [0.29, 0.717) is 53.3 Å². The molecule has 1 aliphatic rings. The van der Waals surface area contributed by atoms with Gasteiger partial charge in [-0.1, -0.05) is 30.3 Å². The Morgan fingerprint density at radius 1 is 1.28 bits per heavy atom. The molecule has 1 amide bonds. The molecule has 10 heteroatoms. The van der Waals surface area contributed by atoms with E-state index < -0.39 is 0 Å². The number of pyridine rings is 1. The minimum Gasteiger partial charge on any atom is -0.462 e. The van der Waals surface area contributed by atoms with Gasteiger partial charge in [0.05, 0.1) is 16.1 Å². The van der Waals surface area contributed by atoms with E-state index in [1.54, 1.807) is 11.3 Å². The predicted molar refractivity (Wildman–Crippen MR) is 146 cm³/mol. The Labute approximate surface area is 218 Å². The Bertz CT molecular complexity index is 1420. The molecule has 0 unspecified atom stereocenters. The molecular formula is C26H27ClN6O2S. The van der Waals surface area contributed by atoms with Gasteiger partial charge in [0, 0.05) is 34.8 Å². The van der Waals surface area contributed by atoms with Gasteiger partial charge in [-0.25, -0.2) is 4.98 Å². The summed E-state index contributed by atoms with van der Waals surface area (Å²) in [7, 11) is 2.10. The van der Waals surface area contributed by atoms with E-state index in [1.807, 2.05) is 18.2 Å². The Kier molecular flexibility index (Phi) is 7.31. The summed E-state index contributed by atoms with van der Waals surface area (Å²) in [4.78, 5) is 27.9. The first-order valence-electron chi connectivity index (χ1n) is 11.9. The summed E-state index contributed by atoms with van der Waals surface area (Å²) >= 11 is 8.43. The average Bonchev–Trinajstić information content (AvgIpc) is 3.53. The molecule has 1 aliphatic heterocycles. The minimum atomic E-state index is -0.231. The number of anilines is 1. The first-order valence-corrected chi connectivity index (χ1v) is 13.1. The molecule has 3 aromatic heterocycles. The van der Waals surface area contributed by atoms with Gasteiger partial charge < -0.3 is 20.3 Å². The predicted octanol–water partition coefficient (Wildman–Crippen LogP) is 4.75. The lowest BCUT2D eigenvalue weighted by molar-refractivity contribution is -0.116. The summed E-state index contributed by atoms with van der Waals surface area (Å²) in [5.41, 5.74) is 2.11. The highest BCUT2D eigenvalue weighted by molar-refractivity contribution is 7.17. The van der Waals surface area contributed by atoms with Crippen molar-refractivity contribution < 1.29 is 9.53 Å². The van der Waals surface area contributed by atoms with Crippen LogP contribution in [-0.4, -0.2) is 65.1 Å². The van der Waals surface area contributed by atoms with Crippen molar-refractivity contribution in [3.8, 4) is 17.3 Å². The molecule has 0 spiro atoms. The molecule has 1 fully saturated rings. The van der Waals surface area contributed by atoms with Crippen molar-refractivity contribution in [1.29, 1.82) is 0 Å². The van der Waals surface area contributed by atoms with E-state index >= 15 is 0 Å². The molecule has 4 heterocycles. The molecule has 8 nitrogen and oxygen atoms in total. The van der Waals surface area contributed by atoms with Gasteiger partial charge in [0.25, 0.3) is 0 Å². The van der Waals surface area contributed by atoms with Gasteiger partial charge in [0.15, 0.2) is 5.65 Å². The molecule has 1 aromatic carbocycles. The second-order valence-electron chi connectivity index (χ2n) is 8.69. The number of halogens is 1. The van der Waals surface area contributed by atoms with Crippen molar-refractivity contribution in [2.45, 2.75) is 18.9 Å². The maximum atomic E-state index is 11.5. The third-order valence-electron chi connectivity index (χ3n) is 6.35. The Morgan fingerprint density at radius 3 is 2.97 bits per heavy atom. The fraction of sp³-hybridized carbons (Fsp3) is 0.308. The first kappa shape index (κ1) is 24.4. The highest BCUT2D eigenvalue weighted by Gasteiger charge is 2.22. The second-order valence-corrected chi connectivity index (χ2v) is 10.0. The van der Waals surface area contributed by atoms with Gasteiger partial charge >= 0.3 is 6.01 Å². The van der Waals surface area contributed by atoms with E-state index in [9.17, 15) is 4.79 Å². The number of amides is 1. The number of nitrogens with zero attached hydrogens (tertiary/aromatic N) is 4. The Hall–Kier alpha value is -3.27. The van der Waals surface area contributed by atoms with Crippen LogP contribution in [0.3, 0.4) is 0 Å². The van der Waals surface area contributed by atoms with Crippen LogP contribution in [0.25, 0.3) is 32.4 Å². The van der Waals surface area contributed by atoms with Crippen LogP contribution in [0.15, 0.2) is 48.4 Å². The van der Waals surface area contributed by atoms with Crippen molar-refractivity contribution in [2.24, 2.45) is 0 Å². The number of likely N-dealkylation sites (tertiary alicyclic amines) is 1. The number of rotatable bonds is 9. The first-order chi connectivity index (χ1) is 17.5.